The minimum absolute atomic E-state index is 0.0761. The highest BCUT2D eigenvalue weighted by Gasteiger charge is 2.35. The van der Waals surface area contributed by atoms with Gasteiger partial charge in [0.05, 0.1) is 18.4 Å². The number of rotatable bonds is 5. The topological polar surface area (TPSA) is 67.4 Å². The van der Waals surface area contributed by atoms with E-state index in [2.05, 4.69) is 10.6 Å². The Kier molecular flexibility index (Phi) is 6.14. The fourth-order valence-electron chi connectivity index (χ4n) is 3.19. The number of hydrogen-bond donors (Lipinski definition) is 2. The number of allylic oxidation sites excluding steroid dienone is 2. The number of hydrogen-bond acceptors (Lipinski definition) is 4. The van der Waals surface area contributed by atoms with Gasteiger partial charge in [0, 0.05) is 28.9 Å². The number of carbonyl (C=O) groups is 2. The van der Waals surface area contributed by atoms with Crippen LogP contribution in [-0.4, -0.2) is 18.8 Å². The summed E-state index contributed by atoms with van der Waals surface area (Å²) in [6.45, 7) is 1.60. The van der Waals surface area contributed by atoms with Crippen molar-refractivity contribution < 1.29 is 27.5 Å². The van der Waals surface area contributed by atoms with Crippen LogP contribution < -0.4 is 15.4 Å². The fourth-order valence-corrected chi connectivity index (χ4v) is 3.19. The number of halogens is 3. The lowest BCUT2D eigenvalue weighted by atomic mass is 9.95. The number of nitrogens with one attached hydrogen (secondary N) is 2. The smallest absolute Gasteiger partial charge is 0.418 e. The van der Waals surface area contributed by atoms with Gasteiger partial charge >= 0.3 is 6.18 Å². The van der Waals surface area contributed by atoms with Crippen molar-refractivity contribution in [2.75, 3.05) is 17.7 Å². The average molecular weight is 418 g/mol. The van der Waals surface area contributed by atoms with Crippen molar-refractivity contribution in [2.24, 2.45) is 0 Å². The van der Waals surface area contributed by atoms with Gasteiger partial charge in [-0.25, -0.2) is 0 Å². The van der Waals surface area contributed by atoms with Crippen molar-refractivity contribution in [3.05, 3.63) is 64.9 Å². The van der Waals surface area contributed by atoms with E-state index in [0.717, 1.165) is 6.07 Å². The zero-order valence-electron chi connectivity index (χ0n) is 16.5. The SMILES string of the molecule is COc1ccc(NC(=O)c2ccc(NC3=C(C)C(=O)CCC3)c(C(F)(F)F)c2)cc1. The van der Waals surface area contributed by atoms with Crippen LogP contribution in [-0.2, 0) is 11.0 Å². The van der Waals surface area contributed by atoms with Crippen molar-refractivity contribution >= 4 is 23.1 Å². The number of ether oxygens (including phenoxy) is 1. The van der Waals surface area contributed by atoms with Gasteiger partial charge in [-0.3, -0.25) is 9.59 Å². The number of ketones is 1. The van der Waals surface area contributed by atoms with Gasteiger partial charge in [0.15, 0.2) is 5.78 Å². The van der Waals surface area contributed by atoms with Gasteiger partial charge in [-0.1, -0.05) is 0 Å². The predicted molar refractivity (Wildman–Crippen MR) is 108 cm³/mol. The first-order valence-electron chi connectivity index (χ1n) is 9.35. The molecule has 158 valence electrons. The highest BCUT2D eigenvalue weighted by molar-refractivity contribution is 6.04. The molecule has 3 rings (SSSR count). The molecule has 0 saturated heterocycles. The molecule has 1 aliphatic carbocycles. The molecular formula is C22H21F3N2O3. The van der Waals surface area contributed by atoms with Crippen LogP contribution in [0, 0.1) is 0 Å². The summed E-state index contributed by atoms with van der Waals surface area (Å²) < 4.78 is 46.0. The lowest BCUT2D eigenvalue weighted by molar-refractivity contribution is -0.137. The van der Waals surface area contributed by atoms with Gasteiger partial charge in [-0.15, -0.1) is 0 Å². The van der Waals surface area contributed by atoms with Crippen molar-refractivity contribution in [3.63, 3.8) is 0 Å². The maximum Gasteiger partial charge on any atom is 0.418 e. The fraction of sp³-hybridized carbons (Fsp3) is 0.273. The summed E-state index contributed by atoms with van der Waals surface area (Å²) in [4.78, 5) is 24.3. The summed E-state index contributed by atoms with van der Waals surface area (Å²) in [6, 6.07) is 9.78. The third kappa shape index (κ3) is 4.82. The Morgan fingerprint density at radius 1 is 1.07 bits per heavy atom. The summed E-state index contributed by atoms with van der Waals surface area (Å²) >= 11 is 0. The van der Waals surface area contributed by atoms with Crippen molar-refractivity contribution in [1.82, 2.24) is 0 Å². The summed E-state index contributed by atoms with van der Waals surface area (Å²) in [5, 5.41) is 5.32. The highest BCUT2D eigenvalue weighted by atomic mass is 19.4. The van der Waals surface area contributed by atoms with E-state index in [9.17, 15) is 22.8 Å². The van der Waals surface area contributed by atoms with Crippen LogP contribution >= 0.6 is 0 Å². The minimum Gasteiger partial charge on any atom is -0.497 e. The van der Waals surface area contributed by atoms with Crippen LogP contribution in [0.1, 0.15) is 42.1 Å². The maximum atomic E-state index is 13.7. The molecule has 0 bridgehead atoms. The molecular weight excluding hydrogens is 397 g/mol. The van der Waals surface area contributed by atoms with E-state index in [0.29, 0.717) is 42.0 Å². The van der Waals surface area contributed by atoms with Crippen LogP contribution in [0.5, 0.6) is 5.75 Å². The molecule has 2 N–H and O–H groups in total. The van der Waals surface area contributed by atoms with Gasteiger partial charge in [-0.2, -0.15) is 13.2 Å². The van der Waals surface area contributed by atoms with Gasteiger partial charge in [0.25, 0.3) is 5.91 Å². The average Bonchev–Trinajstić information content (AvgIpc) is 2.71. The molecule has 0 unspecified atom stereocenters. The van der Waals surface area contributed by atoms with Crippen LogP contribution in [0.15, 0.2) is 53.7 Å². The monoisotopic (exact) mass is 418 g/mol. The zero-order chi connectivity index (χ0) is 21.9. The molecule has 0 spiro atoms. The van der Waals surface area contributed by atoms with E-state index in [1.807, 2.05) is 0 Å². The molecule has 1 aliphatic rings. The Labute approximate surface area is 171 Å². The molecule has 0 heterocycles. The van der Waals surface area contributed by atoms with E-state index in [1.54, 1.807) is 31.2 Å². The Balaban J connectivity index is 1.87. The second-order valence-electron chi connectivity index (χ2n) is 6.95. The molecule has 0 saturated carbocycles. The molecule has 30 heavy (non-hydrogen) atoms. The maximum absolute atomic E-state index is 13.7. The van der Waals surface area contributed by atoms with Gasteiger partial charge in [-0.05, 0) is 62.2 Å². The molecule has 8 heteroatoms. The Bertz CT molecular complexity index is 996. The number of carbonyl (C=O) groups excluding carboxylic acids is 2. The summed E-state index contributed by atoms with van der Waals surface area (Å²) in [5.41, 5.74) is 0.0609. The van der Waals surface area contributed by atoms with Crippen molar-refractivity contribution in [3.8, 4) is 5.75 Å². The van der Waals surface area contributed by atoms with E-state index in [-0.39, 0.29) is 17.0 Å². The van der Waals surface area contributed by atoms with Crippen LogP contribution in [0.3, 0.4) is 0 Å². The first-order chi connectivity index (χ1) is 14.2. The third-order valence-electron chi connectivity index (χ3n) is 4.92. The van der Waals surface area contributed by atoms with Crippen LogP contribution in [0.2, 0.25) is 0 Å². The Morgan fingerprint density at radius 3 is 2.40 bits per heavy atom. The first kappa shape index (κ1) is 21.4. The Morgan fingerprint density at radius 2 is 1.77 bits per heavy atom. The van der Waals surface area contributed by atoms with Crippen LogP contribution in [0.25, 0.3) is 0 Å². The lowest BCUT2D eigenvalue weighted by Gasteiger charge is -2.21. The summed E-state index contributed by atoms with van der Waals surface area (Å²) in [5.74, 6) is -0.151. The van der Waals surface area contributed by atoms with E-state index < -0.39 is 17.6 Å². The van der Waals surface area contributed by atoms with Gasteiger partial charge in [0.2, 0.25) is 0 Å². The standard InChI is InChI=1S/C22H21F3N2O3/c1-13-18(4-3-5-20(13)28)27-19-11-6-14(12-17(19)22(23,24)25)21(29)26-15-7-9-16(30-2)10-8-15/h6-12,27H,3-5H2,1-2H3,(H,26,29). The molecule has 0 fully saturated rings. The van der Waals surface area contributed by atoms with Gasteiger partial charge < -0.3 is 15.4 Å². The number of benzene rings is 2. The first-order valence-corrected chi connectivity index (χ1v) is 9.35. The molecule has 2 aromatic carbocycles. The Hall–Kier alpha value is -3.29. The normalized spacial score (nSPS) is 14.5. The number of alkyl halides is 3. The van der Waals surface area contributed by atoms with Crippen molar-refractivity contribution in [1.29, 1.82) is 0 Å². The molecule has 1 amide bonds. The molecule has 0 radical (unpaired) electrons. The molecule has 2 aromatic rings. The third-order valence-corrected chi connectivity index (χ3v) is 4.92. The quantitative estimate of drug-likeness (QED) is 0.682. The number of anilines is 2. The minimum atomic E-state index is -4.67. The second-order valence-corrected chi connectivity index (χ2v) is 6.95. The van der Waals surface area contributed by atoms with Crippen LogP contribution in [0.4, 0.5) is 24.5 Å². The van der Waals surface area contributed by atoms with E-state index in [4.69, 9.17) is 4.74 Å². The largest absolute Gasteiger partial charge is 0.497 e. The number of methoxy groups -OCH3 is 1. The van der Waals surface area contributed by atoms with Gasteiger partial charge in [0.1, 0.15) is 5.75 Å². The molecule has 5 nitrogen and oxygen atoms in total. The second kappa shape index (κ2) is 8.61. The molecule has 0 aromatic heterocycles. The number of Topliss-reactive ketones (excluding diaryl/α,β-unsaturated/α-hetero) is 1. The summed E-state index contributed by atoms with van der Waals surface area (Å²) in [6.07, 6.45) is -3.20. The van der Waals surface area contributed by atoms with E-state index >= 15 is 0 Å². The molecule has 0 atom stereocenters. The highest BCUT2D eigenvalue weighted by Crippen LogP contribution is 2.37. The zero-order valence-corrected chi connectivity index (χ0v) is 16.5. The summed E-state index contributed by atoms with van der Waals surface area (Å²) in [7, 11) is 1.50. The number of amides is 1. The van der Waals surface area contributed by atoms with E-state index in [1.165, 1.54) is 19.2 Å². The molecule has 0 aliphatic heterocycles. The predicted octanol–water partition coefficient (Wildman–Crippen LogP) is 5.41. The lowest BCUT2D eigenvalue weighted by Crippen LogP contribution is -2.18. The van der Waals surface area contributed by atoms with Crippen molar-refractivity contribution in [2.45, 2.75) is 32.4 Å².